The minimum atomic E-state index is -0.379. The molecule has 0 spiro atoms. The van der Waals surface area contributed by atoms with Gasteiger partial charge in [0.2, 0.25) is 0 Å². The number of hydrogen-bond acceptors (Lipinski definition) is 3. The van der Waals surface area contributed by atoms with E-state index in [0.29, 0.717) is 28.6 Å². The van der Waals surface area contributed by atoms with Crippen molar-refractivity contribution in [3.63, 3.8) is 0 Å². The number of amidine groups is 1. The van der Waals surface area contributed by atoms with E-state index in [1.54, 1.807) is 17.0 Å². The zero-order valence-electron chi connectivity index (χ0n) is 10.7. The molecule has 1 heterocycles. The maximum absolute atomic E-state index is 12.5. The van der Waals surface area contributed by atoms with Crippen LogP contribution in [0.1, 0.15) is 29.6 Å². The van der Waals surface area contributed by atoms with Crippen LogP contribution in [-0.4, -0.2) is 34.4 Å². The van der Waals surface area contributed by atoms with Crippen molar-refractivity contribution in [3.8, 4) is 0 Å². The van der Waals surface area contributed by atoms with Gasteiger partial charge in [-0.1, -0.05) is 28.4 Å². The van der Waals surface area contributed by atoms with Gasteiger partial charge in [0.1, 0.15) is 0 Å². The van der Waals surface area contributed by atoms with Gasteiger partial charge in [0, 0.05) is 12.1 Å². The molecule has 1 aromatic rings. The molecule has 1 amide bonds. The lowest BCUT2D eigenvalue weighted by molar-refractivity contribution is 0.0676. The van der Waals surface area contributed by atoms with Crippen LogP contribution >= 0.6 is 23.2 Å². The third kappa shape index (κ3) is 2.99. The lowest BCUT2D eigenvalue weighted by atomic mass is 10.00. The summed E-state index contributed by atoms with van der Waals surface area (Å²) < 4.78 is 0. The molecule has 1 atom stereocenters. The van der Waals surface area contributed by atoms with Crippen LogP contribution in [0.15, 0.2) is 23.4 Å². The monoisotopic (exact) mass is 315 g/mol. The molecule has 1 aliphatic rings. The molecule has 1 aliphatic heterocycles. The fraction of sp³-hybridized carbons (Fsp3) is 0.385. The highest BCUT2D eigenvalue weighted by Crippen LogP contribution is 2.25. The molecule has 0 radical (unpaired) electrons. The van der Waals surface area contributed by atoms with Gasteiger partial charge in [-0.2, -0.15) is 0 Å². The molecule has 1 unspecified atom stereocenters. The molecule has 5 nitrogen and oxygen atoms in total. The molecule has 0 bridgehead atoms. The maximum atomic E-state index is 12.5. The van der Waals surface area contributed by atoms with Gasteiger partial charge in [-0.3, -0.25) is 4.79 Å². The Morgan fingerprint density at radius 3 is 2.75 bits per heavy atom. The van der Waals surface area contributed by atoms with Crippen molar-refractivity contribution < 1.29 is 10.0 Å². The molecule has 0 aromatic heterocycles. The first-order valence-corrected chi connectivity index (χ1v) is 7.03. The van der Waals surface area contributed by atoms with E-state index >= 15 is 0 Å². The number of benzene rings is 1. The Bertz CT molecular complexity index is 548. The number of nitrogens with two attached hydrogens (primary N) is 1. The standard InChI is InChI=1S/C13H15Cl2N3O2/c14-9-5-4-8(7-10(9)15)13(19)18-6-2-1-3-11(18)12(16)17-20/h4-5,7,11,20H,1-3,6H2,(H2,16,17). The van der Waals surface area contributed by atoms with Gasteiger partial charge < -0.3 is 15.8 Å². The Balaban J connectivity index is 2.27. The van der Waals surface area contributed by atoms with Gasteiger partial charge in [-0.05, 0) is 37.5 Å². The zero-order valence-corrected chi connectivity index (χ0v) is 12.2. The van der Waals surface area contributed by atoms with Gasteiger partial charge >= 0.3 is 0 Å². The zero-order chi connectivity index (χ0) is 14.7. The van der Waals surface area contributed by atoms with E-state index in [9.17, 15) is 4.79 Å². The normalized spacial score (nSPS) is 20.0. The first-order chi connectivity index (χ1) is 9.54. The van der Waals surface area contributed by atoms with E-state index in [1.807, 2.05) is 0 Å². The third-order valence-electron chi connectivity index (χ3n) is 3.39. The maximum Gasteiger partial charge on any atom is 0.254 e. The molecular weight excluding hydrogens is 301 g/mol. The molecule has 20 heavy (non-hydrogen) atoms. The van der Waals surface area contributed by atoms with Crippen LogP contribution < -0.4 is 5.73 Å². The summed E-state index contributed by atoms with van der Waals surface area (Å²) >= 11 is 11.8. The molecule has 7 heteroatoms. The fourth-order valence-electron chi connectivity index (χ4n) is 2.34. The van der Waals surface area contributed by atoms with E-state index in [2.05, 4.69) is 5.16 Å². The number of carbonyl (C=O) groups is 1. The second kappa shape index (κ2) is 6.33. The van der Waals surface area contributed by atoms with Crippen molar-refractivity contribution in [1.82, 2.24) is 4.90 Å². The predicted molar refractivity (Wildman–Crippen MR) is 78.5 cm³/mol. The number of carbonyl (C=O) groups excluding carboxylic acids is 1. The quantitative estimate of drug-likeness (QED) is 0.381. The van der Waals surface area contributed by atoms with E-state index < -0.39 is 0 Å². The fourth-order valence-corrected chi connectivity index (χ4v) is 2.64. The summed E-state index contributed by atoms with van der Waals surface area (Å²) in [5.41, 5.74) is 6.11. The largest absolute Gasteiger partial charge is 0.409 e. The van der Waals surface area contributed by atoms with Crippen LogP contribution in [0.4, 0.5) is 0 Å². The van der Waals surface area contributed by atoms with E-state index in [-0.39, 0.29) is 17.8 Å². The van der Waals surface area contributed by atoms with Crippen LogP contribution in [-0.2, 0) is 0 Å². The highest BCUT2D eigenvalue weighted by molar-refractivity contribution is 6.42. The number of nitrogens with zero attached hydrogens (tertiary/aromatic N) is 2. The lowest BCUT2D eigenvalue weighted by Crippen LogP contribution is -2.50. The Morgan fingerprint density at radius 1 is 1.35 bits per heavy atom. The van der Waals surface area contributed by atoms with Crippen LogP contribution in [0, 0.1) is 0 Å². The average molecular weight is 316 g/mol. The van der Waals surface area contributed by atoms with Crippen molar-refractivity contribution in [1.29, 1.82) is 0 Å². The summed E-state index contributed by atoms with van der Waals surface area (Å²) in [6.45, 7) is 0.569. The summed E-state index contributed by atoms with van der Waals surface area (Å²) in [6.07, 6.45) is 2.51. The minimum absolute atomic E-state index is 0.0538. The van der Waals surface area contributed by atoms with Crippen molar-refractivity contribution in [2.75, 3.05) is 6.54 Å². The summed E-state index contributed by atoms with van der Waals surface area (Å²) in [6, 6.07) is 4.36. The Morgan fingerprint density at radius 2 is 2.10 bits per heavy atom. The smallest absolute Gasteiger partial charge is 0.254 e. The van der Waals surface area contributed by atoms with Crippen LogP contribution in [0.3, 0.4) is 0 Å². The number of rotatable bonds is 2. The number of halogens is 2. The van der Waals surface area contributed by atoms with E-state index in [0.717, 1.165) is 12.8 Å². The van der Waals surface area contributed by atoms with Gasteiger partial charge in [-0.15, -0.1) is 0 Å². The number of oxime groups is 1. The van der Waals surface area contributed by atoms with Crippen LogP contribution in [0.5, 0.6) is 0 Å². The Kier molecular flexibility index (Phi) is 4.73. The van der Waals surface area contributed by atoms with Crippen molar-refractivity contribution in [2.45, 2.75) is 25.3 Å². The first-order valence-electron chi connectivity index (χ1n) is 6.28. The van der Waals surface area contributed by atoms with Crippen LogP contribution in [0.25, 0.3) is 0 Å². The summed E-state index contributed by atoms with van der Waals surface area (Å²) in [5.74, 6) is -0.141. The topological polar surface area (TPSA) is 78.9 Å². The Labute approximate surface area is 126 Å². The predicted octanol–water partition coefficient (Wildman–Crippen LogP) is 2.73. The molecule has 2 rings (SSSR count). The molecule has 0 saturated carbocycles. The third-order valence-corrected chi connectivity index (χ3v) is 4.13. The molecular formula is C13H15Cl2N3O2. The van der Waals surface area contributed by atoms with Crippen LogP contribution in [0.2, 0.25) is 10.0 Å². The molecule has 3 N–H and O–H groups in total. The highest BCUT2D eigenvalue weighted by Gasteiger charge is 2.30. The molecule has 108 valence electrons. The first kappa shape index (κ1) is 14.9. The van der Waals surface area contributed by atoms with Crippen molar-refractivity contribution in [3.05, 3.63) is 33.8 Å². The van der Waals surface area contributed by atoms with E-state index in [1.165, 1.54) is 6.07 Å². The second-order valence-electron chi connectivity index (χ2n) is 4.66. The van der Waals surface area contributed by atoms with Gasteiger partial charge in [0.05, 0.1) is 16.1 Å². The van der Waals surface area contributed by atoms with Gasteiger partial charge in [0.15, 0.2) is 5.84 Å². The average Bonchev–Trinajstić information content (AvgIpc) is 2.48. The van der Waals surface area contributed by atoms with Gasteiger partial charge in [-0.25, -0.2) is 0 Å². The molecule has 1 saturated heterocycles. The van der Waals surface area contributed by atoms with Gasteiger partial charge in [0.25, 0.3) is 5.91 Å². The highest BCUT2D eigenvalue weighted by atomic mass is 35.5. The second-order valence-corrected chi connectivity index (χ2v) is 5.48. The number of likely N-dealkylation sites (tertiary alicyclic amines) is 1. The van der Waals surface area contributed by atoms with Crippen molar-refractivity contribution >= 4 is 34.9 Å². The summed E-state index contributed by atoms with van der Waals surface area (Å²) in [7, 11) is 0. The molecule has 1 fully saturated rings. The molecule has 0 aliphatic carbocycles. The summed E-state index contributed by atoms with van der Waals surface area (Å²) in [5, 5.41) is 12.6. The number of piperidine rings is 1. The Hall–Kier alpha value is -1.46. The summed E-state index contributed by atoms with van der Waals surface area (Å²) in [4.78, 5) is 14.1. The number of amides is 1. The number of hydrogen-bond donors (Lipinski definition) is 2. The SMILES string of the molecule is NC(=NO)C1CCCCN1C(=O)c1ccc(Cl)c(Cl)c1. The molecule has 1 aromatic carbocycles. The van der Waals surface area contributed by atoms with Crippen molar-refractivity contribution in [2.24, 2.45) is 10.9 Å². The minimum Gasteiger partial charge on any atom is -0.409 e. The van der Waals surface area contributed by atoms with E-state index in [4.69, 9.17) is 34.1 Å². The lowest BCUT2D eigenvalue weighted by Gasteiger charge is -2.34.